The molecule has 8 heteroatoms. The van der Waals surface area contributed by atoms with Gasteiger partial charge in [0.05, 0.1) is 12.8 Å². The van der Waals surface area contributed by atoms with Crippen LogP contribution in [0.1, 0.15) is 59.3 Å². The maximum atomic E-state index is 12.1. The summed E-state index contributed by atoms with van der Waals surface area (Å²) >= 11 is 0. The summed E-state index contributed by atoms with van der Waals surface area (Å²) in [6, 6.07) is 0. The first kappa shape index (κ1) is 19.1. The van der Waals surface area contributed by atoms with Crippen molar-refractivity contribution in [3.63, 3.8) is 0 Å². The predicted octanol–water partition coefficient (Wildman–Crippen LogP) is 2.60. The Morgan fingerprint density at radius 1 is 1.11 bits per heavy atom. The summed E-state index contributed by atoms with van der Waals surface area (Å²) in [5.41, 5.74) is -0.697. The second kappa shape index (κ2) is 6.69. The molecule has 4 saturated heterocycles. The number of carbonyl (C=O) groups excluding carboxylic acids is 1. The Morgan fingerprint density at radius 2 is 1.89 bits per heavy atom. The average Bonchev–Trinajstić information content (AvgIpc) is 2.84. The average molecular weight is 384 g/mol. The smallest absolute Gasteiger partial charge is 0.308 e. The largest absolute Gasteiger partial charge is 0.481 e. The number of aliphatic carboxylic acids is 1. The highest BCUT2D eigenvalue weighted by atomic mass is 17.3. The van der Waals surface area contributed by atoms with E-state index in [1.54, 1.807) is 0 Å². The van der Waals surface area contributed by atoms with Gasteiger partial charge in [-0.1, -0.05) is 13.8 Å². The maximum Gasteiger partial charge on any atom is 0.308 e. The van der Waals surface area contributed by atoms with Crippen molar-refractivity contribution in [1.29, 1.82) is 0 Å². The van der Waals surface area contributed by atoms with Crippen molar-refractivity contribution in [3.8, 4) is 0 Å². The molecule has 4 heterocycles. The third-order valence-corrected chi connectivity index (χ3v) is 6.89. The summed E-state index contributed by atoms with van der Waals surface area (Å²) in [6.45, 7) is 6.06. The first-order valence-electron chi connectivity index (χ1n) is 9.86. The van der Waals surface area contributed by atoms with Crippen LogP contribution in [0.3, 0.4) is 0 Å². The molecule has 0 amide bonds. The molecule has 0 aromatic heterocycles. The van der Waals surface area contributed by atoms with Crippen LogP contribution in [-0.4, -0.2) is 41.0 Å². The van der Waals surface area contributed by atoms with E-state index in [1.807, 2.05) is 13.8 Å². The van der Waals surface area contributed by atoms with E-state index in [4.69, 9.17) is 29.1 Å². The second-order valence-electron chi connectivity index (χ2n) is 8.66. The van der Waals surface area contributed by atoms with Gasteiger partial charge in [0.25, 0.3) is 0 Å². The monoisotopic (exact) mass is 384 g/mol. The minimum atomic E-state index is -1.03. The first-order valence-corrected chi connectivity index (χ1v) is 9.86. The standard InChI is InChI=1S/C19H28O8/c1-10-4-5-13-11(2)16(23-15(22)7-6-14(20)21)24-17-19(13)12(10)8-9-18(3,25-17)26-27-19/h10-13,16-17H,4-9H2,1-3H3,(H,20,21)/t10-,11+,12-,13-,16-,17+,18-,19+/m0/s1. The van der Waals surface area contributed by atoms with Crippen molar-refractivity contribution >= 4 is 11.9 Å². The molecule has 8 atom stereocenters. The zero-order chi connectivity index (χ0) is 19.4. The van der Waals surface area contributed by atoms with Gasteiger partial charge in [0.2, 0.25) is 12.1 Å². The molecule has 5 aliphatic rings. The van der Waals surface area contributed by atoms with E-state index in [2.05, 4.69) is 6.92 Å². The van der Waals surface area contributed by atoms with Crippen molar-refractivity contribution in [3.05, 3.63) is 0 Å². The Bertz CT molecular complexity index is 623. The highest BCUT2D eigenvalue weighted by Gasteiger charge is 2.69. The molecule has 2 bridgehead atoms. The molecule has 0 aromatic rings. The fourth-order valence-corrected chi connectivity index (χ4v) is 5.40. The van der Waals surface area contributed by atoms with E-state index in [9.17, 15) is 9.59 Å². The maximum absolute atomic E-state index is 12.1. The molecule has 27 heavy (non-hydrogen) atoms. The molecule has 8 nitrogen and oxygen atoms in total. The van der Waals surface area contributed by atoms with Gasteiger partial charge in [0.15, 0.2) is 11.9 Å². The minimum Gasteiger partial charge on any atom is -0.481 e. The molecule has 4 aliphatic heterocycles. The van der Waals surface area contributed by atoms with Crippen molar-refractivity contribution in [2.45, 2.75) is 83.3 Å². The van der Waals surface area contributed by atoms with Crippen LogP contribution in [0.2, 0.25) is 0 Å². The van der Waals surface area contributed by atoms with E-state index < -0.39 is 35.9 Å². The molecule has 152 valence electrons. The van der Waals surface area contributed by atoms with Crippen LogP contribution in [-0.2, 0) is 33.6 Å². The van der Waals surface area contributed by atoms with Crippen LogP contribution in [0.4, 0.5) is 0 Å². The van der Waals surface area contributed by atoms with Gasteiger partial charge in [-0.05, 0) is 38.0 Å². The quantitative estimate of drug-likeness (QED) is 0.583. The Kier molecular flexibility index (Phi) is 4.73. The summed E-state index contributed by atoms with van der Waals surface area (Å²) in [6.07, 6.45) is 1.72. The summed E-state index contributed by atoms with van der Waals surface area (Å²) in [5.74, 6) is -1.82. The van der Waals surface area contributed by atoms with E-state index >= 15 is 0 Å². The third kappa shape index (κ3) is 3.06. The summed E-state index contributed by atoms with van der Waals surface area (Å²) in [5, 5.41) is 8.76. The van der Waals surface area contributed by atoms with Gasteiger partial charge in [-0.15, -0.1) is 0 Å². The van der Waals surface area contributed by atoms with E-state index in [-0.39, 0.29) is 30.6 Å². The van der Waals surface area contributed by atoms with Gasteiger partial charge in [-0.3, -0.25) is 9.59 Å². The highest BCUT2D eigenvalue weighted by molar-refractivity contribution is 5.76. The van der Waals surface area contributed by atoms with Crippen molar-refractivity contribution in [2.75, 3.05) is 0 Å². The second-order valence-corrected chi connectivity index (χ2v) is 8.66. The third-order valence-electron chi connectivity index (χ3n) is 6.89. The Morgan fingerprint density at radius 3 is 2.63 bits per heavy atom. The lowest BCUT2D eigenvalue weighted by atomic mass is 9.58. The number of esters is 1. The van der Waals surface area contributed by atoms with Crippen LogP contribution in [0.25, 0.3) is 0 Å². The summed E-state index contributed by atoms with van der Waals surface area (Å²) < 4.78 is 17.8. The highest BCUT2D eigenvalue weighted by Crippen LogP contribution is 2.60. The number of fused-ring (bicyclic) bond motifs is 2. The van der Waals surface area contributed by atoms with E-state index in [1.165, 1.54) is 0 Å². The van der Waals surface area contributed by atoms with Gasteiger partial charge in [0, 0.05) is 18.3 Å². The number of ether oxygens (including phenoxy) is 3. The van der Waals surface area contributed by atoms with Gasteiger partial charge < -0.3 is 19.3 Å². The summed E-state index contributed by atoms with van der Waals surface area (Å²) in [4.78, 5) is 34.5. The zero-order valence-corrected chi connectivity index (χ0v) is 16.0. The number of hydrogen-bond donors (Lipinski definition) is 1. The number of carboxylic acids is 1. The van der Waals surface area contributed by atoms with Gasteiger partial charge in [-0.2, -0.15) is 0 Å². The van der Waals surface area contributed by atoms with E-state index in [0.29, 0.717) is 12.3 Å². The molecule has 1 aliphatic carbocycles. The Hall–Kier alpha value is -1.22. The molecule has 0 radical (unpaired) electrons. The number of carbonyl (C=O) groups is 2. The van der Waals surface area contributed by atoms with Crippen LogP contribution in [0, 0.1) is 23.7 Å². The Labute approximate surface area is 158 Å². The molecule has 5 rings (SSSR count). The molecule has 1 N–H and O–H groups in total. The van der Waals surface area contributed by atoms with Gasteiger partial charge in [0.1, 0.15) is 0 Å². The van der Waals surface area contributed by atoms with E-state index in [0.717, 1.165) is 19.3 Å². The van der Waals surface area contributed by atoms with Gasteiger partial charge in [-0.25, -0.2) is 9.78 Å². The molecule has 5 fully saturated rings. The predicted molar refractivity (Wildman–Crippen MR) is 89.8 cm³/mol. The lowest BCUT2D eigenvalue weighted by Crippen LogP contribution is -2.70. The van der Waals surface area contributed by atoms with Crippen LogP contribution >= 0.6 is 0 Å². The SMILES string of the molecule is C[C@H]1[C@@H](OC(=O)CCC(=O)O)O[C@@H]2O[C@]3(C)CC[C@H]4[C@@H](C)CC[C@@H]1[C@@]24OO3. The number of rotatable bonds is 4. The Balaban J connectivity index is 1.58. The van der Waals surface area contributed by atoms with Crippen molar-refractivity contribution in [2.24, 2.45) is 23.7 Å². The topological polar surface area (TPSA) is 101 Å². The van der Waals surface area contributed by atoms with Crippen molar-refractivity contribution < 1.29 is 38.7 Å². The molecule has 1 spiro atoms. The number of hydrogen-bond acceptors (Lipinski definition) is 7. The molecular formula is C19H28O8. The fourth-order valence-electron chi connectivity index (χ4n) is 5.40. The molecule has 0 unspecified atom stereocenters. The lowest BCUT2D eigenvalue weighted by molar-refractivity contribution is -0.576. The number of carboxylic acid groups (broad SMARTS) is 1. The minimum absolute atomic E-state index is 0.0670. The van der Waals surface area contributed by atoms with Crippen LogP contribution in [0.15, 0.2) is 0 Å². The lowest BCUT2D eigenvalue weighted by Gasteiger charge is -2.59. The van der Waals surface area contributed by atoms with Gasteiger partial charge >= 0.3 is 11.9 Å². The fraction of sp³-hybridized carbons (Fsp3) is 0.895. The van der Waals surface area contributed by atoms with Crippen LogP contribution in [0.5, 0.6) is 0 Å². The molecule has 1 saturated carbocycles. The van der Waals surface area contributed by atoms with Crippen LogP contribution < -0.4 is 0 Å². The normalized spacial score (nSPS) is 48.4. The molecular weight excluding hydrogens is 356 g/mol. The zero-order valence-electron chi connectivity index (χ0n) is 16.0. The van der Waals surface area contributed by atoms with Crippen molar-refractivity contribution in [1.82, 2.24) is 0 Å². The summed E-state index contributed by atoms with van der Waals surface area (Å²) in [7, 11) is 0. The first-order chi connectivity index (χ1) is 12.7. The molecule has 0 aromatic carbocycles.